The molecule has 0 saturated carbocycles. The Morgan fingerprint density at radius 3 is 2.21 bits per heavy atom. The molecule has 0 atom stereocenters. The molecular formula is C9H10NO4. The number of ether oxygens (including phenoxy) is 3. The van der Waals surface area contributed by atoms with Crippen LogP contribution in [0.2, 0.25) is 0 Å². The van der Waals surface area contributed by atoms with E-state index in [0.29, 0.717) is 11.5 Å². The van der Waals surface area contributed by atoms with Crippen molar-refractivity contribution in [2.75, 3.05) is 21.3 Å². The van der Waals surface area contributed by atoms with Crippen molar-refractivity contribution < 1.29 is 14.2 Å². The van der Waals surface area contributed by atoms with Gasteiger partial charge in [0.2, 0.25) is 5.75 Å². The van der Waals surface area contributed by atoms with Gasteiger partial charge in [0.25, 0.3) is 0 Å². The van der Waals surface area contributed by atoms with Crippen LogP contribution in [0.3, 0.4) is 0 Å². The van der Waals surface area contributed by atoms with Gasteiger partial charge in [-0.1, -0.05) is 0 Å². The van der Waals surface area contributed by atoms with E-state index in [4.69, 9.17) is 14.2 Å². The molecule has 1 aromatic rings. The summed E-state index contributed by atoms with van der Waals surface area (Å²) in [5.74, 6) is 1.00. The fraction of sp³-hybridized carbons (Fsp3) is 0.333. The van der Waals surface area contributed by atoms with E-state index in [1.807, 2.05) is 0 Å². The second kappa shape index (κ2) is 4.45. The second-order valence-electron chi connectivity index (χ2n) is 2.36. The molecule has 0 fully saturated rings. The monoisotopic (exact) mass is 196 g/mol. The molecule has 5 nitrogen and oxygen atoms in total. The molecule has 0 heterocycles. The molecule has 1 rings (SSSR count). The lowest BCUT2D eigenvalue weighted by atomic mass is 10.2. The zero-order valence-electron chi connectivity index (χ0n) is 8.16. The summed E-state index contributed by atoms with van der Waals surface area (Å²) in [6.07, 6.45) is 0. The molecule has 1 radical (unpaired) electrons. The SMILES string of the molecule is COc1c[c]c(N=O)c(OC)c1OC. The normalized spacial score (nSPS) is 9.36. The molecule has 0 aliphatic carbocycles. The molecule has 0 aliphatic rings. The fourth-order valence-electron chi connectivity index (χ4n) is 1.09. The summed E-state index contributed by atoms with van der Waals surface area (Å²) in [6.45, 7) is 0. The van der Waals surface area contributed by atoms with Crippen molar-refractivity contribution in [2.24, 2.45) is 5.18 Å². The summed E-state index contributed by atoms with van der Waals surface area (Å²) in [5.41, 5.74) is 0.0603. The standard InChI is InChI=1S/C9H10NO4/c1-12-7-5-4-6(10-11)8(13-2)9(7)14-3/h5H,1-3H3. The number of benzene rings is 1. The van der Waals surface area contributed by atoms with Crippen molar-refractivity contribution >= 4 is 5.69 Å². The first-order valence-electron chi connectivity index (χ1n) is 3.82. The van der Waals surface area contributed by atoms with Gasteiger partial charge in [-0.05, 0) is 11.2 Å². The Labute approximate surface area is 81.6 Å². The molecule has 0 spiro atoms. The van der Waals surface area contributed by atoms with E-state index in [9.17, 15) is 4.91 Å². The number of hydrogen-bond acceptors (Lipinski definition) is 5. The molecule has 0 unspecified atom stereocenters. The van der Waals surface area contributed by atoms with Crippen LogP contribution < -0.4 is 14.2 Å². The van der Waals surface area contributed by atoms with Crippen molar-refractivity contribution in [3.8, 4) is 17.2 Å². The minimum Gasteiger partial charge on any atom is -0.493 e. The fourth-order valence-corrected chi connectivity index (χ4v) is 1.09. The third-order valence-corrected chi connectivity index (χ3v) is 1.70. The van der Waals surface area contributed by atoms with Crippen molar-refractivity contribution in [3.05, 3.63) is 17.0 Å². The predicted molar refractivity (Wildman–Crippen MR) is 50.4 cm³/mol. The van der Waals surface area contributed by atoms with Crippen molar-refractivity contribution in [1.29, 1.82) is 0 Å². The van der Waals surface area contributed by atoms with Gasteiger partial charge in [-0.3, -0.25) is 0 Å². The highest BCUT2D eigenvalue weighted by molar-refractivity contribution is 5.64. The third-order valence-electron chi connectivity index (χ3n) is 1.70. The van der Waals surface area contributed by atoms with Crippen molar-refractivity contribution in [2.45, 2.75) is 0 Å². The van der Waals surface area contributed by atoms with Gasteiger partial charge in [-0.2, -0.15) is 0 Å². The first-order chi connectivity index (χ1) is 6.78. The van der Waals surface area contributed by atoms with E-state index in [1.165, 1.54) is 27.4 Å². The maximum atomic E-state index is 10.4. The molecular weight excluding hydrogens is 186 g/mol. The van der Waals surface area contributed by atoms with Gasteiger partial charge >= 0.3 is 0 Å². The number of rotatable bonds is 4. The molecule has 0 N–H and O–H groups in total. The Kier molecular flexibility index (Phi) is 3.28. The Morgan fingerprint density at radius 2 is 1.79 bits per heavy atom. The average Bonchev–Trinajstić information content (AvgIpc) is 2.26. The largest absolute Gasteiger partial charge is 0.493 e. The van der Waals surface area contributed by atoms with Crippen LogP contribution in [0.1, 0.15) is 0 Å². The van der Waals surface area contributed by atoms with Crippen LogP contribution in [0.5, 0.6) is 17.2 Å². The van der Waals surface area contributed by atoms with Gasteiger partial charge in [-0.25, -0.2) is 0 Å². The molecule has 0 aromatic heterocycles. The van der Waals surface area contributed by atoms with Crippen molar-refractivity contribution in [1.82, 2.24) is 0 Å². The highest BCUT2D eigenvalue weighted by Gasteiger charge is 2.16. The van der Waals surface area contributed by atoms with E-state index in [0.717, 1.165) is 0 Å². The first-order valence-corrected chi connectivity index (χ1v) is 3.82. The lowest BCUT2D eigenvalue weighted by molar-refractivity contribution is 0.325. The Hall–Kier alpha value is -1.78. The highest BCUT2D eigenvalue weighted by atomic mass is 16.5. The number of nitroso groups, excluding NO2 is 1. The maximum Gasteiger partial charge on any atom is 0.205 e. The van der Waals surface area contributed by atoms with Gasteiger partial charge in [-0.15, -0.1) is 4.91 Å². The average molecular weight is 196 g/mol. The predicted octanol–water partition coefficient (Wildman–Crippen LogP) is 1.91. The zero-order chi connectivity index (χ0) is 10.6. The van der Waals surface area contributed by atoms with Gasteiger partial charge < -0.3 is 14.2 Å². The van der Waals surface area contributed by atoms with Gasteiger partial charge in [0, 0.05) is 6.07 Å². The van der Waals surface area contributed by atoms with E-state index in [-0.39, 0.29) is 11.4 Å². The number of nitrogens with zero attached hydrogens (tertiary/aromatic N) is 1. The third kappa shape index (κ3) is 1.61. The zero-order valence-corrected chi connectivity index (χ0v) is 8.16. The highest BCUT2D eigenvalue weighted by Crippen LogP contribution is 2.43. The van der Waals surface area contributed by atoms with E-state index < -0.39 is 0 Å². The second-order valence-corrected chi connectivity index (χ2v) is 2.36. The molecule has 75 valence electrons. The van der Waals surface area contributed by atoms with Crippen LogP contribution in [0.25, 0.3) is 0 Å². The van der Waals surface area contributed by atoms with Gasteiger partial charge in [0.1, 0.15) is 0 Å². The lowest BCUT2D eigenvalue weighted by Gasteiger charge is -2.11. The summed E-state index contributed by atoms with van der Waals surface area (Å²) in [7, 11) is 4.36. The van der Waals surface area contributed by atoms with E-state index in [1.54, 1.807) is 0 Å². The molecule has 0 amide bonds. The van der Waals surface area contributed by atoms with Crippen molar-refractivity contribution in [3.63, 3.8) is 0 Å². The Bertz CT molecular complexity index is 338. The van der Waals surface area contributed by atoms with E-state index in [2.05, 4.69) is 11.2 Å². The summed E-state index contributed by atoms with van der Waals surface area (Å²) < 4.78 is 15.0. The first kappa shape index (κ1) is 10.3. The van der Waals surface area contributed by atoms with Crippen LogP contribution in [0.15, 0.2) is 11.2 Å². The van der Waals surface area contributed by atoms with Crippen LogP contribution in [-0.2, 0) is 0 Å². The summed E-state index contributed by atoms with van der Waals surface area (Å²) in [6, 6.07) is 4.09. The summed E-state index contributed by atoms with van der Waals surface area (Å²) in [5, 5.41) is 2.76. The topological polar surface area (TPSA) is 57.1 Å². The molecule has 1 aromatic carbocycles. The number of methoxy groups -OCH3 is 3. The van der Waals surface area contributed by atoms with Gasteiger partial charge in [0.15, 0.2) is 17.2 Å². The van der Waals surface area contributed by atoms with Gasteiger partial charge in [0.05, 0.1) is 21.3 Å². The summed E-state index contributed by atoms with van der Waals surface area (Å²) in [4.78, 5) is 10.4. The maximum absolute atomic E-state index is 10.4. The molecule has 5 heteroatoms. The minimum atomic E-state index is 0.0603. The lowest BCUT2D eigenvalue weighted by Crippen LogP contribution is -1.94. The van der Waals surface area contributed by atoms with Crippen LogP contribution >= 0.6 is 0 Å². The Morgan fingerprint density at radius 1 is 1.14 bits per heavy atom. The molecule has 0 aliphatic heterocycles. The Balaban J connectivity index is 3.35. The quantitative estimate of drug-likeness (QED) is 0.690. The molecule has 0 saturated heterocycles. The summed E-state index contributed by atoms with van der Waals surface area (Å²) >= 11 is 0. The van der Waals surface area contributed by atoms with E-state index >= 15 is 0 Å². The number of hydrogen-bond donors (Lipinski definition) is 0. The smallest absolute Gasteiger partial charge is 0.205 e. The molecule has 14 heavy (non-hydrogen) atoms. The minimum absolute atomic E-state index is 0.0603. The van der Waals surface area contributed by atoms with Crippen LogP contribution in [0, 0.1) is 11.0 Å². The molecule has 0 bridgehead atoms. The van der Waals surface area contributed by atoms with Crippen LogP contribution in [-0.4, -0.2) is 21.3 Å². The van der Waals surface area contributed by atoms with Crippen LogP contribution in [0.4, 0.5) is 5.69 Å².